The molecule has 4 rings (SSSR count). The maximum Gasteiger partial charge on any atom is 0.230 e. The maximum atomic E-state index is 14.1. The quantitative estimate of drug-likeness (QED) is 0.566. The fourth-order valence-corrected chi connectivity index (χ4v) is 4.37. The summed E-state index contributed by atoms with van der Waals surface area (Å²) in [4.78, 5) is 0.926. The van der Waals surface area contributed by atoms with Gasteiger partial charge in [-0.25, -0.2) is 4.39 Å². The Bertz CT molecular complexity index is 910. The number of hydrogen-bond acceptors (Lipinski definition) is 5. The lowest BCUT2D eigenvalue weighted by Gasteiger charge is -2.02. The average molecular weight is 316 g/mol. The van der Waals surface area contributed by atoms with Crippen LogP contribution in [0.25, 0.3) is 31.1 Å². The molecule has 0 saturated heterocycles. The zero-order chi connectivity index (χ0) is 14.4. The topological polar surface area (TPSA) is 52.0 Å². The van der Waals surface area contributed by atoms with E-state index in [1.807, 2.05) is 11.4 Å². The van der Waals surface area contributed by atoms with Crippen LogP contribution < -0.4 is 5.73 Å². The van der Waals surface area contributed by atoms with Gasteiger partial charge in [-0.1, -0.05) is 23.4 Å². The van der Waals surface area contributed by atoms with Crippen molar-refractivity contribution in [1.82, 2.24) is 5.16 Å². The van der Waals surface area contributed by atoms with Crippen molar-refractivity contribution in [3.8, 4) is 21.7 Å². The SMILES string of the molecule is Nc1onc(-c2cc3sccc3s2)c1-c1ccccc1F. The number of halogens is 1. The smallest absolute Gasteiger partial charge is 0.230 e. The lowest BCUT2D eigenvalue weighted by molar-refractivity contribution is 0.439. The molecule has 0 aliphatic heterocycles. The van der Waals surface area contributed by atoms with E-state index in [-0.39, 0.29) is 11.7 Å². The summed E-state index contributed by atoms with van der Waals surface area (Å²) in [6.07, 6.45) is 0. The third-order valence-electron chi connectivity index (χ3n) is 3.23. The van der Waals surface area contributed by atoms with E-state index in [0.717, 1.165) is 4.88 Å². The summed E-state index contributed by atoms with van der Waals surface area (Å²) >= 11 is 3.26. The zero-order valence-electron chi connectivity index (χ0n) is 10.7. The molecule has 0 fully saturated rings. The molecule has 21 heavy (non-hydrogen) atoms. The Morgan fingerprint density at radius 1 is 1.14 bits per heavy atom. The molecular weight excluding hydrogens is 307 g/mol. The predicted octanol–water partition coefficient (Wildman–Crippen LogP) is 5.01. The fourth-order valence-electron chi connectivity index (χ4n) is 2.28. The van der Waals surface area contributed by atoms with Crippen molar-refractivity contribution in [3.05, 3.63) is 47.6 Å². The summed E-state index contributed by atoms with van der Waals surface area (Å²) < 4.78 is 21.5. The van der Waals surface area contributed by atoms with Gasteiger partial charge in [0.15, 0.2) is 0 Å². The van der Waals surface area contributed by atoms with E-state index in [0.29, 0.717) is 16.8 Å². The van der Waals surface area contributed by atoms with E-state index in [9.17, 15) is 4.39 Å². The Labute approximate surface area is 127 Å². The number of benzene rings is 1. The van der Waals surface area contributed by atoms with Crippen molar-refractivity contribution in [2.45, 2.75) is 0 Å². The second kappa shape index (κ2) is 4.68. The van der Waals surface area contributed by atoms with Crippen LogP contribution in [-0.2, 0) is 0 Å². The van der Waals surface area contributed by atoms with Crippen LogP contribution in [-0.4, -0.2) is 5.16 Å². The lowest BCUT2D eigenvalue weighted by atomic mass is 10.0. The summed E-state index contributed by atoms with van der Waals surface area (Å²) in [6.45, 7) is 0. The number of nitrogen functional groups attached to an aromatic ring is 1. The van der Waals surface area contributed by atoms with Gasteiger partial charge in [0.25, 0.3) is 0 Å². The average Bonchev–Trinajstić information content (AvgIpc) is 3.13. The van der Waals surface area contributed by atoms with E-state index in [1.165, 1.54) is 15.5 Å². The third kappa shape index (κ3) is 1.95. The first kappa shape index (κ1) is 12.6. The summed E-state index contributed by atoms with van der Waals surface area (Å²) in [5.41, 5.74) is 7.37. The fraction of sp³-hybridized carbons (Fsp3) is 0. The van der Waals surface area contributed by atoms with Gasteiger partial charge < -0.3 is 10.3 Å². The van der Waals surface area contributed by atoms with Crippen LogP contribution in [0.15, 0.2) is 46.3 Å². The summed E-state index contributed by atoms with van der Waals surface area (Å²) in [5, 5.41) is 6.07. The van der Waals surface area contributed by atoms with Crippen molar-refractivity contribution < 1.29 is 8.91 Å². The molecular formula is C15H9FN2OS2. The monoisotopic (exact) mass is 316 g/mol. The molecule has 3 aromatic heterocycles. The summed E-state index contributed by atoms with van der Waals surface area (Å²) in [5.74, 6) is -0.209. The number of thiophene rings is 2. The first-order valence-corrected chi connectivity index (χ1v) is 7.91. The van der Waals surface area contributed by atoms with Gasteiger partial charge in [0.1, 0.15) is 11.5 Å². The second-order valence-electron chi connectivity index (χ2n) is 4.51. The van der Waals surface area contributed by atoms with Crippen LogP contribution in [0, 0.1) is 5.82 Å². The molecule has 0 aliphatic carbocycles. The highest BCUT2D eigenvalue weighted by atomic mass is 32.1. The first-order chi connectivity index (χ1) is 10.2. The van der Waals surface area contributed by atoms with Gasteiger partial charge in [0.05, 0.1) is 10.4 Å². The van der Waals surface area contributed by atoms with Gasteiger partial charge in [-0.15, -0.1) is 22.7 Å². The Kier molecular flexibility index (Phi) is 2.80. The van der Waals surface area contributed by atoms with Crippen LogP contribution in [0.3, 0.4) is 0 Å². The molecule has 0 bridgehead atoms. The summed E-state index contributed by atoms with van der Waals surface area (Å²) in [7, 11) is 0. The molecule has 0 radical (unpaired) electrons. The van der Waals surface area contributed by atoms with Crippen molar-refractivity contribution >= 4 is 38.0 Å². The number of fused-ring (bicyclic) bond motifs is 1. The molecule has 3 heterocycles. The number of aromatic nitrogens is 1. The third-order valence-corrected chi connectivity index (χ3v) is 5.33. The van der Waals surface area contributed by atoms with Crippen LogP contribution in [0.5, 0.6) is 0 Å². The molecule has 6 heteroatoms. The molecule has 1 aromatic carbocycles. The Balaban J connectivity index is 1.95. The van der Waals surface area contributed by atoms with Gasteiger partial charge in [-0.05, 0) is 23.6 Å². The van der Waals surface area contributed by atoms with Gasteiger partial charge in [-0.2, -0.15) is 0 Å². The molecule has 0 amide bonds. The minimum atomic E-state index is -0.341. The van der Waals surface area contributed by atoms with E-state index in [1.54, 1.807) is 40.9 Å². The van der Waals surface area contributed by atoms with Crippen LogP contribution >= 0.6 is 22.7 Å². The summed E-state index contributed by atoms with van der Waals surface area (Å²) in [6, 6.07) is 10.6. The van der Waals surface area contributed by atoms with Crippen LogP contribution in [0.1, 0.15) is 0 Å². The van der Waals surface area contributed by atoms with Crippen LogP contribution in [0.2, 0.25) is 0 Å². The molecule has 0 saturated carbocycles. The van der Waals surface area contributed by atoms with Gasteiger partial charge in [-0.3, -0.25) is 0 Å². The molecule has 2 N–H and O–H groups in total. The second-order valence-corrected chi connectivity index (χ2v) is 6.54. The number of hydrogen-bond donors (Lipinski definition) is 1. The highest BCUT2D eigenvalue weighted by molar-refractivity contribution is 7.28. The molecule has 0 spiro atoms. The maximum absolute atomic E-state index is 14.1. The predicted molar refractivity (Wildman–Crippen MR) is 85.0 cm³/mol. The number of nitrogens with two attached hydrogens (primary N) is 1. The van der Waals surface area contributed by atoms with E-state index in [4.69, 9.17) is 10.3 Å². The molecule has 4 aromatic rings. The standard InChI is InChI=1S/C15H9FN2OS2/c16-9-4-2-1-3-8(9)13-14(18-19-15(13)17)12-7-11-10(21-12)5-6-20-11/h1-7H,17H2. The van der Waals surface area contributed by atoms with E-state index < -0.39 is 0 Å². The zero-order valence-corrected chi connectivity index (χ0v) is 12.3. The van der Waals surface area contributed by atoms with Gasteiger partial charge in [0, 0.05) is 15.0 Å². The Morgan fingerprint density at radius 2 is 2.00 bits per heavy atom. The highest BCUT2D eigenvalue weighted by Gasteiger charge is 2.21. The highest BCUT2D eigenvalue weighted by Crippen LogP contribution is 2.42. The minimum Gasteiger partial charge on any atom is -0.367 e. The van der Waals surface area contributed by atoms with Crippen molar-refractivity contribution in [2.24, 2.45) is 0 Å². The van der Waals surface area contributed by atoms with Crippen LogP contribution in [0.4, 0.5) is 10.3 Å². The van der Waals surface area contributed by atoms with Crippen molar-refractivity contribution in [2.75, 3.05) is 5.73 Å². The van der Waals surface area contributed by atoms with Gasteiger partial charge >= 0.3 is 0 Å². The molecule has 104 valence electrons. The Hall–Kier alpha value is -2.18. The lowest BCUT2D eigenvalue weighted by Crippen LogP contribution is -1.89. The minimum absolute atomic E-state index is 0.131. The van der Waals surface area contributed by atoms with E-state index >= 15 is 0 Å². The van der Waals surface area contributed by atoms with Crippen molar-refractivity contribution in [1.29, 1.82) is 0 Å². The largest absolute Gasteiger partial charge is 0.367 e. The number of anilines is 1. The number of rotatable bonds is 2. The first-order valence-electron chi connectivity index (χ1n) is 6.21. The normalized spacial score (nSPS) is 11.3. The molecule has 3 nitrogen and oxygen atoms in total. The van der Waals surface area contributed by atoms with Crippen molar-refractivity contribution in [3.63, 3.8) is 0 Å². The molecule has 0 atom stereocenters. The van der Waals surface area contributed by atoms with E-state index in [2.05, 4.69) is 11.2 Å². The van der Waals surface area contributed by atoms with Gasteiger partial charge in [0.2, 0.25) is 5.88 Å². The molecule has 0 unspecified atom stereocenters. The Morgan fingerprint density at radius 3 is 2.81 bits per heavy atom. The molecule has 0 aliphatic rings. The number of nitrogens with zero attached hydrogens (tertiary/aromatic N) is 1.